The van der Waals surface area contributed by atoms with Crippen LogP contribution in [0.4, 0.5) is 5.69 Å². The van der Waals surface area contributed by atoms with E-state index in [1.807, 2.05) is 50.0 Å². The molecule has 84 valence electrons. The van der Waals surface area contributed by atoms with Crippen LogP contribution in [0.15, 0.2) is 30.3 Å². The lowest BCUT2D eigenvalue weighted by Gasteiger charge is -2.33. The van der Waals surface area contributed by atoms with E-state index in [4.69, 9.17) is 0 Å². The normalized spacial score (nSPS) is 12.5. The fourth-order valence-electron chi connectivity index (χ4n) is 1.64. The standard InChI is InChI=1S/C10H17NO2SSi/c1-14(12,13)11(15(2,3)4)10-8-6-5-7-9-10/h5-9H,1-4H3. The highest BCUT2D eigenvalue weighted by atomic mass is 32.2. The summed E-state index contributed by atoms with van der Waals surface area (Å²) in [4.78, 5) is 0. The molecule has 0 amide bonds. The molecule has 5 heteroatoms. The number of sulfonamides is 1. The highest BCUT2D eigenvalue weighted by Crippen LogP contribution is 2.23. The van der Waals surface area contributed by atoms with Gasteiger partial charge in [0.25, 0.3) is 0 Å². The molecule has 0 unspecified atom stereocenters. The van der Waals surface area contributed by atoms with Gasteiger partial charge in [-0.15, -0.1) is 0 Å². The third-order valence-electron chi connectivity index (χ3n) is 1.93. The predicted octanol–water partition coefficient (Wildman–Crippen LogP) is 2.29. The van der Waals surface area contributed by atoms with Crippen LogP contribution < -0.4 is 3.97 Å². The average Bonchev–Trinajstić information content (AvgIpc) is 2.00. The SMILES string of the molecule is C[Si](C)(C)N(c1ccccc1)S(C)(=O)=O. The second kappa shape index (κ2) is 3.98. The average molecular weight is 243 g/mol. The van der Waals surface area contributed by atoms with E-state index < -0.39 is 18.3 Å². The van der Waals surface area contributed by atoms with Crippen molar-refractivity contribution in [2.75, 3.05) is 10.2 Å². The summed E-state index contributed by atoms with van der Waals surface area (Å²) in [5.74, 6) is 0. The molecule has 1 rings (SSSR count). The number of rotatable bonds is 3. The van der Waals surface area contributed by atoms with E-state index in [0.717, 1.165) is 5.69 Å². The predicted molar refractivity (Wildman–Crippen MR) is 67.1 cm³/mol. The van der Waals surface area contributed by atoms with Crippen molar-refractivity contribution in [1.82, 2.24) is 0 Å². The van der Waals surface area contributed by atoms with Gasteiger partial charge in [0, 0.05) is 5.69 Å². The van der Waals surface area contributed by atoms with E-state index >= 15 is 0 Å². The highest BCUT2D eigenvalue weighted by molar-refractivity contribution is 7.94. The lowest BCUT2D eigenvalue weighted by atomic mass is 10.3. The van der Waals surface area contributed by atoms with Crippen LogP contribution in [-0.2, 0) is 10.0 Å². The van der Waals surface area contributed by atoms with Gasteiger partial charge in [-0.25, -0.2) is 8.42 Å². The first-order chi connectivity index (χ1) is 6.73. The van der Waals surface area contributed by atoms with Crippen LogP contribution in [0, 0.1) is 0 Å². The minimum atomic E-state index is -3.18. The van der Waals surface area contributed by atoms with Gasteiger partial charge >= 0.3 is 0 Å². The molecule has 0 aliphatic carbocycles. The lowest BCUT2D eigenvalue weighted by molar-refractivity contribution is 0.603. The number of anilines is 1. The Balaban J connectivity index is 3.27. The maximum Gasteiger partial charge on any atom is 0.224 e. The Morgan fingerprint density at radius 2 is 1.53 bits per heavy atom. The summed E-state index contributed by atoms with van der Waals surface area (Å²) in [6.07, 6.45) is 1.26. The first kappa shape index (κ1) is 12.3. The molecule has 15 heavy (non-hydrogen) atoms. The van der Waals surface area contributed by atoms with E-state index in [2.05, 4.69) is 0 Å². The van der Waals surface area contributed by atoms with Crippen LogP contribution in [0.5, 0.6) is 0 Å². The van der Waals surface area contributed by atoms with E-state index in [0.29, 0.717) is 0 Å². The van der Waals surface area contributed by atoms with Crippen LogP contribution >= 0.6 is 0 Å². The second-order valence-electron chi connectivity index (χ2n) is 4.53. The summed E-state index contributed by atoms with van der Waals surface area (Å²) in [5, 5.41) is 0. The van der Waals surface area contributed by atoms with Crippen molar-refractivity contribution in [1.29, 1.82) is 0 Å². The number of benzene rings is 1. The van der Waals surface area contributed by atoms with Crippen LogP contribution in [0.3, 0.4) is 0 Å². The third-order valence-corrected chi connectivity index (χ3v) is 6.92. The first-order valence-electron chi connectivity index (χ1n) is 4.78. The Morgan fingerprint density at radius 1 is 1.07 bits per heavy atom. The van der Waals surface area contributed by atoms with E-state index in [1.54, 1.807) is 3.97 Å². The lowest BCUT2D eigenvalue weighted by Crippen LogP contribution is -2.49. The van der Waals surface area contributed by atoms with Crippen molar-refractivity contribution in [2.45, 2.75) is 19.6 Å². The van der Waals surface area contributed by atoms with Crippen molar-refractivity contribution in [3.63, 3.8) is 0 Å². The summed E-state index contributed by atoms with van der Waals surface area (Å²) in [5.41, 5.74) is 0.763. The summed E-state index contributed by atoms with van der Waals surface area (Å²) in [7, 11) is -5.10. The van der Waals surface area contributed by atoms with Gasteiger partial charge in [0.2, 0.25) is 10.0 Å². The molecular weight excluding hydrogens is 226 g/mol. The van der Waals surface area contributed by atoms with Crippen molar-refractivity contribution in [3.05, 3.63) is 30.3 Å². The second-order valence-corrected chi connectivity index (χ2v) is 11.5. The molecule has 0 bridgehead atoms. The minimum absolute atomic E-state index is 0.763. The van der Waals surface area contributed by atoms with Gasteiger partial charge in [-0.1, -0.05) is 37.8 Å². The molecule has 0 aliphatic rings. The highest BCUT2D eigenvalue weighted by Gasteiger charge is 2.31. The van der Waals surface area contributed by atoms with Gasteiger partial charge < -0.3 is 0 Å². The van der Waals surface area contributed by atoms with Gasteiger partial charge in [0.05, 0.1) is 6.26 Å². The zero-order valence-electron chi connectivity index (χ0n) is 9.56. The van der Waals surface area contributed by atoms with Crippen molar-refractivity contribution in [3.8, 4) is 0 Å². The summed E-state index contributed by atoms with van der Waals surface area (Å²) < 4.78 is 25.0. The fraction of sp³-hybridized carbons (Fsp3) is 0.400. The molecule has 0 saturated heterocycles. The van der Waals surface area contributed by atoms with Crippen molar-refractivity contribution >= 4 is 23.9 Å². The molecule has 0 spiro atoms. The molecule has 0 atom stereocenters. The summed E-state index contributed by atoms with van der Waals surface area (Å²) >= 11 is 0. The number of para-hydroxylation sites is 1. The molecule has 0 N–H and O–H groups in total. The van der Waals surface area contributed by atoms with Crippen LogP contribution in [0.1, 0.15) is 0 Å². The zero-order valence-corrected chi connectivity index (χ0v) is 11.4. The van der Waals surface area contributed by atoms with Gasteiger partial charge in [-0.05, 0) is 12.1 Å². The minimum Gasteiger partial charge on any atom is -0.299 e. The maximum atomic E-state index is 11.7. The quantitative estimate of drug-likeness (QED) is 0.764. The van der Waals surface area contributed by atoms with Crippen molar-refractivity contribution in [2.24, 2.45) is 0 Å². The molecule has 3 nitrogen and oxygen atoms in total. The van der Waals surface area contributed by atoms with Crippen LogP contribution in [0.25, 0.3) is 0 Å². The summed E-state index contributed by atoms with van der Waals surface area (Å²) in [6.45, 7) is 6.04. The van der Waals surface area contributed by atoms with Crippen LogP contribution in [0.2, 0.25) is 19.6 Å². The smallest absolute Gasteiger partial charge is 0.224 e. The number of hydrogen-bond donors (Lipinski definition) is 0. The number of nitrogens with zero attached hydrogens (tertiary/aromatic N) is 1. The molecule has 0 fully saturated rings. The van der Waals surface area contributed by atoms with E-state index in [9.17, 15) is 8.42 Å². The molecule has 0 aliphatic heterocycles. The van der Waals surface area contributed by atoms with Gasteiger partial charge in [0.1, 0.15) is 0 Å². The Morgan fingerprint density at radius 3 is 1.87 bits per heavy atom. The first-order valence-corrected chi connectivity index (χ1v) is 10.1. The molecule has 0 saturated carbocycles. The largest absolute Gasteiger partial charge is 0.299 e. The third kappa shape index (κ3) is 3.07. The zero-order chi connectivity index (χ0) is 11.7. The Kier molecular flexibility index (Phi) is 3.25. The van der Waals surface area contributed by atoms with E-state index in [-0.39, 0.29) is 0 Å². The number of hydrogen-bond acceptors (Lipinski definition) is 2. The molecule has 1 aromatic carbocycles. The Hall–Kier alpha value is -0.813. The molecule has 0 radical (unpaired) electrons. The topological polar surface area (TPSA) is 37.4 Å². The molecular formula is C10H17NO2SSi. The monoisotopic (exact) mass is 243 g/mol. The van der Waals surface area contributed by atoms with Crippen molar-refractivity contribution < 1.29 is 8.42 Å². The van der Waals surface area contributed by atoms with Gasteiger partial charge in [-0.2, -0.15) is 0 Å². The molecule has 1 aromatic rings. The summed E-state index contributed by atoms with van der Waals surface area (Å²) in [6, 6.07) is 9.26. The molecule has 0 heterocycles. The van der Waals surface area contributed by atoms with Gasteiger partial charge in [-0.3, -0.25) is 3.97 Å². The maximum absolute atomic E-state index is 11.7. The molecule has 0 aromatic heterocycles. The van der Waals surface area contributed by atoms with Crippen LogP contribution in [-0.4, -0.2) is 22.9 Å². The van der Waals surface area contributed by atoms with E-state index in [1.165, 1.54) is 6.26 Å². The Bertz CT molecular complexity index is 422. The fourth-order valence-corrected chi connectivity index (χ4v) is 7.05. The Labute approximate surface area is 92.9 Å². The van der Waals surface area contributed by atoms with Gasteiger partial charge in [0.15, 0.2) is 8.24 Å².